The number of benzene rings is 2. The number of aliphatic hydroxyl groups excluding tert-OH is 1. The van der Waals surface area contributed by atoms with E-state index in [0.717, 1.165) is 53.0 Å². The molecule has 7 atom stereocenters. The van der Waals surface area contributed by atoms with Gasteiger partial charge in [-0.3, -0.25) is 4.79 Å². The zero-order chi connectivity index (χ0) is 37.6. The molecule has 6 heterocycles. The summed E-state index contributed by atoms with van der Waals surface area (Å²) >= 11 is 14.6. The normalized spacial score (nSPS) is 24.6. The maximum absolute atomic E-state index is 17.4. The number of aliphatic hydroxyl groups is 1. The van der Waals surface area contributed by atoms with Gasteiger partial charge in [0.15, 0.2) is 5.82 Å². The fraction of sp³-hybridized carbons (Fsp3) is 0.463. The maximum atomic E-state index is 17.4. The van der Waals surface area contributed by atoms with Gasteiger partial charge < -0.3 is 24.6 Å². The van der Waals surface area contributed by atoms with Gasteiger partial charge in [-0.25, -0.2) is 9.37 Å². The highest BCUT2D eigenvalue weighted by atomic mass is 35.5. The van der Waals surface area contributed by atoms with Crippen LogP contribution in [0.2, 0.25) is 10.0 Å². The minimum atomic E-state index is -1.01. The van der Waals surface area contributed by atoms with Gasteiger partial charge >= 0.3 is 0 Å². The highest BCUT2D eigenvalue weighted by Gasteiger charge is 2.51. The Morgan fingerprint density at radius 3 is 2.69 bits per heavy atom. The van der Waals surface area contributed by atoms with Crippen molar-refractivity contribution in [1.82, 2.24) is 24.1 Å². The predicted molar refractivity (Wildman–Crippen MR) is 208 cm³/mol. The third-order valence-corrected chi connectivity index (χ3v) is 13.5. The quantitative estimate of drug-likeness (QED) is 0.145. The van der Waals surface area contributed by atoms with Crippen molar-refractivity contribution in [2.75, 3.05) is 13.1 Å². The fourth-order valence-corrected chi connectivity index (χ4v) is 10.2. The number of nitrogens with zero attached hydrogens (tertiary/aromatic N) is 5. The van der Waals surface area contributed by atoms with Gasteiger partial charge in [-0.15, -0.1) is 0 Å². The number of hydrogen-bond acceptors (Lipinski definition) is 8. The number of carbonyl (C=O) groups is 1. The third kappa shape index (κ3) is 5.92. The topological polar surface area (TPSA) is 116 Å². The number of carbonyl (C=O) groups excluding carboxylic acids is 1. The Labute approximate surface area is 327 Å². The Morgan fingerprint density at radius 2 is 2.02 bits per heavy atom. The number of fused-ring (bicyclic) bond motifs is 4. The predicted octanol–water partition coefficient (Wildman–Crippen LogP) is 8.94. The minimum Gasteiger partial charge on any atom is -0.387 e. The van der Waals surface area contributed by atoms with E-state index in [1.165, 1.54) is 11.5 Å². The number of nitrogens with one attached hydrogen (secondary N) is 1. The van der Waals surface area contributed by atoms with Gasteiger partial charge in [0.2, 0.25) is 5.91 Å². The van der Waals surface area contributed by atoms with Crippen LogP contribution in [0, 0.1) is 35.9 Å². The van der Waals surface area contributed by atoms with Crippen LogP contribution < -0.4 is 5.32 Å². The molecule has 9 nitrogen and oxygen atoms in total. The molecule has 3 aliphatic heterocycles. The first kappa shape index (κ1) is 36.0. The molecule has 2 unspecified atom stereocenters. The number of rotatable bonds is 10. The van der Waals surface area contributed by atoms with Crippen molar-refractivity contribution in [2.45, 2.75) is 95.7 Å². The van der Waals surface area contributed by atoms with Crippen LogP contribution in [0.5, 0.6) is 0 Å². The molecule has 13 heteroatoms. The van der Waals surface area contributed by atoms with Crippen LogP contribution in [-0.4, -0.2) is 55.1 Å². The summed E-state index contributed by atoms with van der Waals surface area (Å²) in [5.74, 6) is -0.0813. The number of amides is 1. The van der Waals surface area contributed by atoms with Gasteiger partial charge in [-0.05, 0) is 93.7 Å². The second-order valence-corrected chi connectivity index (χ2v) is 17.3. The molecule has 2 bridgehead atoms. The number of nitriles is 1. The van der Waals surface area contributed by atoms with E-state index < -0.39 is 11.9 Å². The van der Waals surface area contributed by atoms with Crippen molar-refractivity contribution in [1.29, 1.82) is 5.26 Å². The standard InChI is InChI=1S/C41H41Cl2FN6O3S/c1-19-12-30(48-54-19)21(3)53-25-15-32(49(18-25)41(52)22-9-10-22)33-16-28-37(20(2)51)47-38-27(40(28)50(33)39-24-14-31(39)46-17-24)13-23(6-5-11-45)34(36(38)44)26-7-4-8-29(42)35(26)43/h4,7-8,12-13,16,20-22,24-25,31-32,39,46,51H,5-6,9-10,14-15,17-18H2,1-3H3/t20?,21?,24-,25+,31-,32-,39+/m1/s1. The van der Waals surface area contributed by atoms with Gasteiger partial charge in [0.25, 0.3) is 0 Å². The van der Waals surface area contributed by atoms with E-state index in [1.54, 1.807) is 25.1 Å². The highest BCUT2D eigenvalue weighted by Crippen LogP contribution is 2.52. The summed E-state index contributed by atoms with van der Waals surface area (Å²) in [6.45, 7) is 7.02. The van der Waals surface area contributed by atoms with Crippen molar-refractivity contribution in [3.05, 3.63) is 79.8 Å². The van der Waals surface area contributed by atoms with Crippen LogP contribution in [0.15, 0.2) is 36.4 Å². The third-order valence-electron chi connectivity index (χ3n) is 11.9. The second kappa shape index (κ2) is 13.8. The molecule has 2 aromatic carbocycles. The van der Waals surface area contributed by atoms with E-state index in [-0.39, 0.29) is 71.1 Å². The second-order valence-electron chi connectivity index (χ2n) is 15.5. The van der Waals surface area contributed by atoms with Gasteiger partial charge in [0.05, 0.1) is 63.4 Å². The molecular formula is C41H41Cl2FN6O3S. The molecule has 5 fully saturated rings. The summed E-state index contributed by atoms with van der Waals surface area (Å²) in [4.78, 5) is 22.1. The SMILES string of the molecule is Cc1cc(C(C)O[C@H]2C[C@H](c3cc4c(C(C)O)nc5c(F)c(-c6cccc(Cl)c6Cl)c(CCC#N)cc5c4n3[C@H]3[C@H]4CN[C@@H]3C4)N(C(=O)C3CC3)C2)ns1. The van der Waals surface area contributed by atoms with Crippen molar-refractivity contribution >= 4 is 62.4 Å². The van der Waals surface area contributed by atoms with Crippen LogP contribution in [-0.2, 0) is 16.0 Å². The number of halogens is 3. The zero-order valence-corrected chi connectivity index (χ0v) is 32.6. The Balaban J connectivity index is 1.27. The molecule has 2 N–H and O–H groups in total. The molecule has 10 rings (SSSR count). The molecule has 5 aromatic rings. The van der Waals surface area contributed by atoms with Crippen molar-refractivity contribution in [3.8, 4) is 17.2 Å². The Hall–Kier alpha value is -3.63. The van der Waals surface area contributed by atoms with E-state index in [2.05, 4.69) is 32.5 Å². The monoisotopic (exact) mass is 786 g/mol. The number of aromatic nitrogens is 3. The molecule has 54 heavy (non-hydrogen) atoms. The van der Waals surface area contributed by atoms with Gasteiger partial charge in [-0.1, -0.05) is 35.3 Å². The Morgan fingerprint density at radius 1 is 1.20 bits per heavy atom. The lowest BCUT2D eigenvalue weighted by atomic mass is 9.79. The summed E-state index contributed by atoms with van der Waals surface area (Å²) in [6, 6.07) is 13.4. The summed E-state index contributed by atoms with van der Waals surface area (Å²) < 4.78 is 31.0. The van der Waals surface area contributed by atoms with Crippen LogP contribution in [0.4, 0.5) is 4.39 Å². The van der Waals surface area contributed by atoms with Crippen molar-refractivity contribution in [2.24, 2.45) is 11.8 Å². The lowest BCUT2D eigenvalue weighted by Gasteiger charge is -2.39. The molecule has 3 aromatic heterocycles. The number of likely N-dealkylation sites (tertiary alicyclic amines) is 1. The summed E-state index contributed by atoms with van der Waals surface area (Å²) in [7, 11) is 0. The summed E-state index contributed by atoms with van der Waals surface area (Å²) in [5.41, 5.74) is 4.38. The molecule has 0 spiro atoms. The van der Waals surface area contributed by atoms with Crippen molar-refractivity contribution in [3.63, 3.8) is 0 Å². The number of pyridine rings is 1. The number of aryl methyl sites for hydroxylation is 2. The Bertz CT molecular complexity index is 2350. The van der Waals surface area contributed by atoms with Gasteiger partial charge in [0, 0.05) is 70.4 Å². The maximum Gasteiger partial charge on any atom is 0.226 e. The van der Waals surface area contributed by atoms with Gasteiger partial charge in [-0.2, -0.15) is 9.64 Å². The molecule has 2 aliphatic carbocycles. The van der Waals surface area contributed by atoms with Crippen molar-refractivity contribution < 1.29 is 19.0 Å². The smallest absolute Gasteiger partial charge is 0.226 e. The van der Waals surface area contributed by atoms with Crippen LogP contribution in [0.3, 0.4) is 0 Å². The number of hydrogen-bond donors (Lipinski definition) is 2. The molecular weight excluding hydrogens is 746 g/mol. The first-order chi connectivity index (χ1) is 26.0. The highest BCUT2D eigenvalue weighted by molar-refractivity contribution is 7.05. The lowest BCUT2D eigenvalue weighted by Crippen LogP contribution is -2.41. The van der Waals surface area contributed by atoms with E-state index in [1.807, 2.05) is 24.8 Å². The Kier molecular flexibility index (Phi) is 9.23. The molecule has 2 saturated carbocycles. The fourth-order valence-electron chi connectivity index (χ4n) is 9.21. The van der Waals surface area contributed by atoms with Crippen LogP contribution in [0.1, 0.15) is 97.8 Å². The van der Waals surface area contributed by atoms with E-state index >= 15 is 4.39 Å². The van der Waals surface area contributed by atoms with Gasteiger partial charge in [0.1, 0.15) is 5.52 Å². The average molecular weight is 788 g/mol. The molecule has 3 saturated heterocycles. The van der Waals surface area contributed by atoms with E-state index in [0.29, 0.717) is 46.1 Å². The summed E-state index contributed by atoms with van der Waals surface area (Å²) in [6.07, 6.45) is 2.37. The minimum absolute atomic E-state index is 0.00767. The van der Waals surface area contributed by atoms with Crippen LogP contribution >= 0.6 is 34.7 Å². The van der Waals surface area contributed by atoms with E-state index in [4.69, 9.17) is 32.9 Å². The number of ether oxygens (including phenoxy) is 1. The first-order valence-corrected chi connectivity index (χ1v) is 20.4. The average Bonchev–Trinajstić information content (AvgIpc) is 3.58. The molecule has 5 aliphatic rings. The summed E-state index contributed by atoms with van der Waals surface area (Å²) in [5, 5.41) is 26.5. The van der Waals surface area contributed by atoms with E-state index in [9.17, 15) is 15.2 Å². The largest absolute Gasteiger partial charge is 0.387 e. The molecule has 1 amide bonds. The molecule has 280 valence electrons. The molecule has 0 radical (unpaired) electrons. The van der Waals surface area contributed by atoms with Crippen LogP contribution in [0.25, 0.3) is 32.9 Å². The lowest BCUT2D eigenvalue weighted by molar-refractivity contribution is -0.134. The first-order valence-electron chi connectivity index (χ1n) is 18.9. The zero-order valence-electron chi connectivity index (χ0n) is 30.3.